The molecular weight excluding hydrogens is 442 g/mol. The van der Waals surface area contributed by atoms with Crippen molar-refractivity contribution in [2.24, 2.45) is 0 Å². The van der Waals surface area contributed by atoms with Crippen molar-refractivity contribution in [2.45, 2.75) is 12.8 Å². The van der Waals surface area contributed by atoms with Gasteiger partial charge in [-0.2, -0.15) is 0 Å². The largest absolute Gasteiger partial charge is 0.496 e. The summed E-state index contributed by atoms with van der Waals surface area (Å²) in [6.07, 6.45) is -0.0923. The van der Waals surface area contributed by atoms with Gasteiger partial charge in [-0.05, 0) is 41.8 Å². The number of fused-ring (bicyclic) bond motifs is 3. The molecule has 0 aliphatic carbocycles. The number of carbonyl (C=O) groups excluding carboxylic acids is 3. The van der Waals surface area contributed by atoms with Gasteiger partial charge in [-0.15, -0.1) is 0 Å². The molecule has 174 valence electrons. The number of hydrogen-bond acceptors (Lipinski definition) is 4. The lowest BCUT2D eigenvalue weighted by Crippen LogP contribution is -2.26. The van der Waals surface area contributed by atoms with E-state index in [1.165, 1.54) is 0 Å². The molecule has 35 heavy (non-hydrogen) atoms. The standard InChI is InChI=1S/C28H23N3O4/c1-35-24-9-5-3-7-19(24)16-25(32)29-20-11-13-21(14-12-20)31-23-15-10-18-6-2-4-8-22(18)28(23)30-26(33)17-27(31)34/h2-15H,16-17H2,1H3,(H,29,32)(H,30,33). The molecule has 1 heterocycles. The molecule has 0 spiro atoms. The zero-order valence-electron chi connectivity index (χ0n) is 19.1. The van der Waals surface area contributed by atoms with E-state index in [2.05, 4.69) is 10.6 Å². The van der Waals surface area contributed by atoms with Crippen LogP contribution in [-0.2, 0) is 20.8 Å². The Morgan fingerprint density at radius 1 is 0.943 bits per heavy atom. The average Bonchev–Trinajstić information content (AvgIpc) is 2.99. The molecule has 2 N–H and O–H groups in total. The molecule has 4 aromatic carbocycles. The van der Waals surface area contributed by atoms with E-state index in [1.54, 1.807) is 36.3 Å². The second kappa shape index (κ2) is 9.30. The van der Waals surface area contributed by atoms with Crippen molar-refractivity contribution in [1.29, 1.82) is 0 Å². The summed E-state index contributed by atoms with van der Waals surface area (Å²) in [5.41, 5.74) is 3.20. The SMILES string of the molecule is COc1ccccc1CC(=O)Nc1ccc(N2C(=O)CC(=O)Nc3c2ccc2ccccc32)cc1. The van der Waals surface area contributed by atoms with Gasteiger partial charge in [-0.1, -0.05) is 48.5 Å². The maximum absolute atomic E-state index is 13.0. The van der Waals surface area contributed by atoms with Crippen LogP contribution in [0, 0.1) is 0 Å². The average molecular weight is 466 g/mol. The first-order chi connectivity index (χ1) is 17.0. The summed E-state index contributed by atoms with van der Waals surface area (Å²) in [4.78, 5) is 39.6. The predicted molar refractivity (Wildman–Crippen MR) is 136 cm³/mol. The lowest BCUT2D eigenvalue weighted by atomic mass is 10.1. The second-order valence-electron chi connectivity index (χ2n) is 8.22. The Labute approximate surface area is 202 Å². The van der Waals surface area contributed by atoms with Crippen molar-refractivity contribution < 1.29 is 19.1 Å². The highest BCUT2D eigenvalue weighted by atomic mass is 16.5. The second-order valence-corrected chi connectivity index (χ2v) is 8.22. The van der Waals surface area contributed by atoms with Gasteiger partial charge in [0.25, 0.3) is 0 Å². The summed E-state index contributed by atoms with van der Waals surface area (Å²) in [5, 5.41) is 7.60. The van der Waals surface area contributed by atoms with Crippen LogP contribution in [0.15, 0.2) is 84.9 Å². The lowest BCUT2D eigenvalue weighted by molar-refractivity contribution is -0.124. The van der Waals surface area contributed by atoms with Crippen molar-refractivity contribution >= 4 is 51.2 Å². The van der Waals surface area contributed by atoms with Gasteiger partial charge in [0.15, 0.2) is 0 Å². The molecule has 7 nitrogen and oxygen atoms in total. The quantitative estimate of drug-likeness (QED) is 0.405. The number of nitrogens with one attached hydrogen (secondary N) is 2. The fourth-order valence-electron chi connectivity index (χ4n) is 4.32. The third-order valence-corrected chi connectivity index (χ3v) is 5.93. The van der Waals surface area contributed by atoms with Crippen LogP contribution in [0.2, 0.25) is 0 Å². The summed E-state index contributed by atoms with van der Waals surface area (Å²) < 4.78 is 5.32. The van der Waals surface area contributed by atoms with Crippen molar-refractivity contribution in [1.82, 2.24) is 0 Å². The third-order valence-electron chi connectivity index (χ3n) is 5.93. The van der Waals surface area contributed by atoms with Crippen molar-refractivity contribution in [2.75, 3.05) is 22.6 Å². The van der Waals surface area contributed by atoms with Gasteiger partial charge in [0.05, 0.1) is 24.9 Å². The van der Waals surface area contributed by atoms with E-state index in [4.69, 9.17) is 4.74 Å². The van der Waals surface area contributed by atoms with Gasteiger partial charge in [-0.3, -0.25) is 19.3 Å². The zero-order valence-corrected chi connectivity index (χ0v) is 19.1. The summed E-state index contributed by atoms with van der Waals surface area (Å²) in [6.45, 7) is 0. The summed E-state index contributed by atoms with van der Waals surface area (Å²) in [7, 11) is 1.57. The molecule has 0 saturated carbocycles. The van der Waals surface area contributed by atoms with E-state index >= 15 is 0 Å². The molecule has 1 aliphatic rings. The van der Waals surface area contributed by atoms with Gasteiger partial charge in [0, 0.05) is 22.3 Å². The highest BCUT2D eigenvalue weighted by molar-refractivity contribution is 6.21. The van der Waals surface area contributed by atoms with Crippen LogP contribution in [0.1, 0.15) is 12.0 Å². The Bertz CT molecular complexity index is 1450. The molecule has 0 fully saturated rings. The molecule has 0 atom stereocenters. The topological polar surface area (TPSA) is 87.7 Å². The van der Waals surface area contributed by atoms with E-state index in [1.807, 2.05) is 60.7 Å². The molecule has 0 unspecified atom stereocenters. The summed E-state index contributed by atoms with van der Waals surface area (Å²) >= 11 is 0. The third kappa shape index (κ3) is 4.44. The monoisotopic (exact) mass is 465 g/mol. The number of anilines is 4. The number of ether oxygens (including phenoxy) is 1. The number of nitrogens with zero attached hydrogens (tertiary/aromatic N) is 1. The Morgan fingerprint density at radius 3 is 2.49 bits per heavy atom. The molecule has 0 radical (unpaired) electrons. The van der Waals surface area contributed by atoms with Gasteiger partial charge in [-0.25, -0.2) is 0 Å². The van der Waals surface area contributed by atoms with Gasteiger partial charge < -0.3 is 15.4 Å². The maximum atomic E-state index is 13.0. The number of carbonyl (C=O) groups is 3. The molecule has 7 heteroatoms. The van der Waals surface area contributed by atoms with Crippen molar-refractivity contribution in [3.63, 3.8) is 0 Å². The van der Waals surface area contributed by atoms with Gasteiger partial charge >= 0.3 is 0 Å². The van der Waals surface area contributed by atoms with Crippen LogP contribution in [0.25, 0.3) is 10.8 Å². The Morgan fingerprint density at radius 2 is 1.69 bits per heavy atom. The highest BCUT2D eigenvalue weighted by Gasteiger charge is 2.28. The molecule has 4 aromatic rings. The van der Waals surface area contributed by atoms with Crippen LogP contribution < -0.4 is 20.3 Å². The molecule has 1 aliphatic heterocycles. The van der Waals surface area contributed by atoms with E-state index in [9.17, 15) is 14.4 Å². The van der Waals surface area contributed by atoms with E-state index in [0.29, 0.717) is 28.5 Å². The Balaban J connectivity index is 1.42. The number of hydrogen-bond donors (Lipinski definition) is 2. The van der Waals surface area contributed by atoms with Gasteiger partial charge in [0.2, 0.25) is 17.7 Å². The smallest absolute Gasteiger partial charge is 0.241 e. The number of methoxy groups -OCH3 is 1. The normalized spacial score (nSPS) is 13.1. The van der Waals surface area contributed by atoms with Crippen LogP contribution in [-0.4, -0.2) is 24.8 Å². The van der Waals surface area contributed by atoms with Crippen LogP contribution in [0.5, 0.6) is 5.75 Å². The molecule has 5 rings (SSSR count). The predicted octanol–water partition coefficient (Wildman–Crippen LogP) is 5.04. The minimum absolute atomic E-state index is 0.171. The molecule has 0 aromatic heterocycles. The maximum Gasteiger partial charge on any atom is 0.241 e. The van der Waals surface area contributed by atoms with E-state index in [0.717, 1.165) is 16.3 Å². The molecule has 0 bridgehead atoms. The number of amides is 3. The van der Waals surface area contributed by atoms with Gasteiger partial charge in [0.1, 0.15) is 12.2 Å². The number of para-hydroxylation sites is 1. The van der Waals surface area contributed by atoms with Crippen LogP contribution >= 0.6 is 0 Å². The summed E-state index contributed by atoms with van der Waals surface area (Å²) in [6, 6.07) is 25.8. The Kier molecular flexibility index (Phi) is 5.89. The highest BCUT2D eigenvalue weighted by Crippen LogP contribution is 2.40. The van der Waals surface area contributed by atoms with E-state index < -0.39 is 0 Å². The van der Waals surface area contributed by atoms with Crippen LogP contribution in [0.3, 0.4) is 0 Å². The lowest BCUT2D eigenvalue weighted by Gasteiger charge is -2.23. The Hall–Kier alpha value is -4.65. The first-order valence-corrected chi connectivity index (χ1v) is 11.2. The number of benzene rings is 4. The first kappa shape index (κ1) is 22.2. The fourth-order valence-corrected chi connectivity index (χ4v) is 4.32. The van der Waals surface area contributed by atoms with Crippen molar-refractivity contribution in [3.8, 4) is 5.75 Å². The summed E-state index contributed by atoms with van der Waals surface area (Å²) in [5.74, 6) is -0.202. The molecule has 0 saturated heterocycles. The fraction of sp³-hybridized carbons (Fsp3) is 0.107. The minimum atomic E-state index is -0.352. The minimum Gasteiger partial charge on any atom is -0.496 e. The molecular formula is C28H23N3O4. The van der Waals surface area contributed by atoms with Crippen LogP contribution in [0.4, 0.5) is 22.7 Å². The zero-order chi connectivity index (χ0) is 24.4. The van der Waals surface area contributed by atoms with Crippen molar-refractivity contribution in [3.05, 3.63) is 90.5 Å². The first-order valence-electron chi connectivity index (χ1n) is 11.2. The number of rotatable bonds is 5. The molecule has 3 amide bonds. The van der Waals surface area contributed by atoms with E-state index in [-0.39, 0.29) is 30.6 Å².